The first-order chi connectivity index (χ1) is 13.6. The van der Waals surface area contributed by atoms with Crippen LogP contribution in [0.4, 0.5) is 0 Å². The highest BCUT2D eigenvalue weighted by atomic mass is 32.1. The first-order valence-corrected chi connectivity index (χ1v) is 11.8. The molecule has 0 aromatic carbocycles. The minimum Gasteiger partial charge on any atom is -0.355 e. The summed E-state index contributed by atoms with van der Waals surface area (Å²) in [5.74, 6) is 3.62. The Morgan fingerprint density at radius 2 is 1.96 bits per heavy atom. The molecule has 4 bridgehead atoms. The third-order valence-corrected chi connectivity index (χ3v) is 8.86. The van der Waals surface area contributed by atoms with Gasteiger partial charge in [-0.3, -0.25) is 4.79 Å². The Morgan fingerprint density at radius 1 is 1.25 bits per heavy atom. The van der Waals surface area contributed by atoms with Crippen molar-refractivity contribution in [2.75, 3.05) is 0 Å². The highest BCUT2D eigenvalue weighted by Gasteiger charge is 2.51. The van der Waals surface area contributed by atoms with E-state index in [4.69, 9.17) is 4.52 Å². The fourth-order valence-corrected chi connectivity index (χ4v) is 8.31. The van der Waals surface area contributed by atoms with E-state index >= 15 is 0 Å². The van der Waals surface area contributed by atoms with Gasteiger partial charge in [-0.05, 0) is 99.3 Å². The summed E-state index contributed by atoms with van der Waals surface area (Å²) < 4.78 is 5.60. The van der Waals surface area contributed by atoms with E-state index in [0.29, 0.717) is 11.1 Å². The fourth-order valence-electron chi connectivity index (χ4n) is 7.44. The molecule has 2 aromatic rings. The van der Waals surface area contributed by atoms with Gasteiger partial charge in [0.1, 0.15) is 0 Å². The summed E-state index contributed by atoms with van der Waals surface area (Å²) in [6, 6.07) is 2.27. The zero-order chi connectivity index (χ0) is 18.9. The topological polar surface area (TPSA) is 55.1 Å². The van der Waals surface area contributed by atoms with Gasteiger partial charge in [-0.1, -0.05) is 5.16 Å². The van der Waals surface area contributed by atoms with E-state index in [0.717, 1.165) is 53.9 Å². The summed E-state index contributed by atoms with van der Waals surface area (Å²) in [6.45, 7) is 2.18. The van der Waals surface area contributed by atoms with Crippen molar-refractivity contribution in [3.05, 3.63) is 27.6 Å². The molecule has 4 nitrogen and oxygen atoms in total. The van der Waals surface area contributed by atoms with Crippen molar-refractivity contribution in [1.29, 1.82) is 0 Å². The van der Waals surface area contributed by atoms with E-state index in [1.54, 1.807) is 11.3 Å². The molecule has 0 saturated heterocycles. The second-order valence-electron chi connectivity index (χ2n) is 10.1. The Morgan fingerprint density at radius 3 is 2.68 bits per heavy atom. The molecule has 0 aliphatic heterocycles. The quantitative estimate of drug-likeness (QED) is 0.770. The fraction of sp³-hybridized carbons (Fsp3) is 0.652. The number of fused-ring (bicyclic) bond motifs is 3. The zero-order valence-corrected chi connectivity index (χ0v) is 17.3. The van der Waals surface area contributed by atoms with Crippen molar-refractivity contribution in [2.45, 2.75) is 70.8 Å². The van der Waals surface area contributed by atoms with Gasteiger partial charge in [0.25, 0.3) is 5.91 Å². The van der Waals surface area contributed by atoms with Crippen LogP contribution in [0.15, 0.2) is 16.0 Å². The van der Waals surface area contributed by atoms with E-state index < -0.39 is 0 Å². The lowest BCUT2D eigenvalue weighted by molar-refractivity contribution is -0.0607. The zero-order valence-electron chi connectivity index (χ0n) is 16.5. The van der Waals surface area contributed by atoms with Crippen molar-refractivity contribution in [1.82, 2.24) is 10.5 Å². The Hall–Kier alpha value is -1.62. The van der Waals surface area contributed by atoms with Crippen LogP contribution in [0.25, 0.3) is 11.3 Å². The molecule has 1 atom stereocenters. The van der Waals surface area contributed by atoms with Gasteiger partial charge in [-0.25, -0.2) is 0 Å². The number of hydrogen-bond acceptors (Lipinski definition) is 4. The molecule has 28 heavy (non-hydrogen) atoms. The van der Waals surface area contributed by atoms with E-state index in [9.17, 15) is 4.79 Å². The number of thiophene rings is 1. The van der Waals surface area contributed by atoms with Crippen LogP contribution in [-0.4, -0.2) is 17.1 Å². The Balaban J connectivity index is 1.17. The summed E-state index contributed by atoms with van der Waals surface area (Å²) >= 11 is 1.76. The minimum absolute atomic E-state index is 0.0547. The standard InChI is InChI=1S/C23H28N2O2S/c1-13(9-23-10-14-6-15(11-23)8-16(7-14)12-23)24-22(26)20-18-2-3-19-17(4-5-28-19)21(18)27-25-20/h4-5,13-16H,2-3,6-12H2,1H3,(H,24,26)/t13-,14?,15?,16?,23?/m1/s1. The van der Waals surface area contributed by atoms with E-state index in [-0.39, 0.29) is 11.9 Å². The number of carbonyl (C=O) groups excluding carboxylic acids is 1. The molecule has 4 saturated carbocycles. The summed E-state index contributed by atoms with van der Waals surface area (Å²) in [7, 11) is 0. The first-order valence-electron chi connectivity index (χ1n) is 10.9. The maximum Gasteiger partial charge on any atom is 0.273 e. The van der Waals surface area contributed by atoms with Gasteiger partial charge in [0.15, 0.2) is 11.5 Å². The molecule has 5 heteroatoms. The van der Waals surface area contributed by atoms with Crippen LogP contribution in [0.2, 0.25) is 0 Å². The lowest BCUT2D eigenvalue weighted by Gasteiger charge is -2.57. The first kappa shape index (κ1) is 17.3. The SMILES string of the molecule is C[C@H](CC12CC3CC(CC(C3)C1)C2)NC(=O)c1noc2c1CCc1sccc1-2. The second kappa shape index (κ2) is 6.19. The highest BCUT2D eigenvalue weighted by Crippen LogP contribution is 2.61. The lowest BCUT2D eigenvalue weighted by Crippen LogP contribution is -2.49. The summed E-state index contributed by atoms with van der Waals surface area (Å²) in [6.07, 6.45) is 11.5. The van der Waals surface area contributed by atoms with Crippen molar-refractivity contribution < 1.29 is 9.32 Å². The van der Waals surface area contributed by atoms with Crippen LogP contribution in [0, 0.1) is 23.2 Å². The predicted octanol–water partition coefficient (Wildman–Crippen LogP) is 5.23. The normalized spacial score (nSPS) is 33.4. The number of amides is 1. The third-order valence-electron chi connectivity index (χ3n) is 7.88. The average Bonchev–Trinajstić information content (AvgIpc) is 3.26. The summed E-state index contributed by atoms with van der Waals surface area (Å²) in [4.78, 5) is 14.3. The van der Waals surface area contributed by atoms with Crippen LogP contribution in [0.5, 0.6) is 0 Å². The number of nitrogens with zero attached hydrogens (tertiary/aromatic N) is 1. The number of rotatable bonds is 4. The van der Waals surface area contributed by atoms with Gasteiger partial charge < -0.3 is 9.84 Å². The third kappa shape index (κ3) is 2.69. The molecule has 5 aliphatic carbocycles. The number of aryl methyl sites for hydroxylation is 1. The van der Waals surface area contributed by atoms with Crippen molar-refractivity contribution in [2.24, 2.45) is 23.2 Å². The maximum absolute atomic E-state index is 13.0. The van der Waals surface area contributed by atoms with E-state index in [1.807, 2.05) is 0 Å². The lowest BCUT2D eigenvalue weighted by atomic mass is 9.48. The highest BCUT2D eigenvalue weighted by molar-refractivity contribution is 7.10. The van der Waals surface area contributed by atoms with Gasteiger partial charge in [-0.15, -0.1) is 11.3 Å². The molecule has 1 N–H and O–H groups in total. The van der Waals surface area contributed by atoms with Gasteiger partial charge in [0.2, 0.25) is 0 Å². The smallest absolute Gasteiger partial charge is 0.273 e. The maximum atomic E-state index is 13.0. The largest absolute Gasteiger partial charge is 0.355 e. The molecule has 5 aliphatic rings. The van der Waals surface area contributed by atoms with E-state index in [2.05, 4.69) is 28.8 Å². The minimum atomic E-state index is -0.0547. The molecule has 2 aromatic heterocycles. The van der Waals surface area contributed by atoms with Crippen LogP contribution in [0.1, 0.15) is 72.8 Å². The number of aromatic nitrogens is 1. The van der Waals surface area contributed by atoms with Crippen molar-refractivity contribution in [3.8, 4) is 11.3 Å². The van der Waals surface area contributed by atoms with Gasteiger partial charge in [0, 0.05) is 22.0 Å². The second-order valence-corrected chi connectivity index (χ2v) is 11.1. The molecule has 0 radical (unpaired) electrons. The average molecular weight is 397 g/mol. The van der Waals surface area contributed by atoms with Gasteiger partial charge in [0.05, 0.1) is 0 Å². The van der Waals surface area contributed by atoms with Crippen LogP contribution < -0.4 is 5.32 Å². The van der Waals surface area contributed by atoms with Crippen molar-refractivity contribution >= 4 is 17.2 Å². The Kier molecular flexibility index (Phi) is 3.81. The molecular formula is C23H28N2O2S. The van der Waals surface area contributed by atoms with Crippen LogP contribution in [-0.2, 0) is 12.8 Å². The molecule has 0 spiro atoms. The molecule has 4 fully saturated rings. The molecule has 148 valence electrons. The predicted molar refractivity (Wildman–Crippen MR) is 109 cm³/mol. The number of hydrogen-bond donors (Lipinski definition) is 1. The molecule has 7 rings (SSSR count). The monoisotopic (exact) mass is 396 g/mol. The van der Waals surface area contributed by atoms with Gasteiger partial charge in [-0.2, -0.15) is 0 Å². The Labute approximate surface area is 170 Å². The molecule has 0 unspecified atom stereocenters. The summed E-state index contributed by atoms with van der Waals surface area (Å²) in [5, 5.41) is 9.53. The molecular weight excluding hydrogens is 368 g/mol. The van der Waals surface area contributed by atoms with E-state index in [1.165, 1.54) is 43.4 Å². The summed E-state index contributed by atoms with van der Waals surface area (Å²) in [5.41, 5.74) is 3.10. The van der Waals surface area contributed by atoms with Crippen LogP contribution in [0.3, 0.4) is 0 Å². The van der Waals surface area contributed by atoms with Crippen LogP contribution >= 0.6 is 11.3 Å². The van der Waals surface area contributed by atoms with Crippen molar-refractivity contribution in [3.63, 3.8) is 0 Å². The molecule has 1 amide bonds. The molecule has 2 heterocycles. The number of nitrogens with one attached hydrogen (secondary N) is 1. The number of carbonyl (C=O) groups is 1. The Bertz CT molecular complexity index is 892. The van der Waals surface area contributed by atoms with Gasteiger partial charge >= 0.3 is 0 Å².